The van der Waals surface area contributed by atoms with E-state index in [4.69, 9.17) is 17.3 Å². The fraction of sp³-hybridized carbons (Fsp3) is 0.0769. The summed E-state index contributed by atoms with van der Waals surface area (Å²) in [4.78, 5) is 0. The minimum atomic E-state index is 0.234. The van der Waals surface area contributed by atoms with Crippen LogP contribution in [0.4, 0.5) is 5.69 Å². The van der Waals surface area contributed by atoms with Crippen LogP contribution in [0.2, 0.25) is 5.02 Å². The van der Waals surface area contributed by atoms with Crippen molar-refractivity contribution in [2.75, 3.05) is 5.73 Å². The highest BCUT2D eigenvalue weighted by atomic mass is 35.5. The Hall–Kier alpha value is -1.67. The van der Waals surface area contributed by atoms with Crippen molar-refractivity contribution in [2.24, 2.45) is 0 Å². The number of hydrogen-bond acceptors (Lipinski definition) is 2. The third kappa shape index (κ3) is 2.47. The van der Waals surface area contributed by atoms with Gasteiger partial charge in [-0.05, 0) is 47.9 Å². The number of phenols is 1. The average molecular weight is 234 g/mol. The fourth-order valence-electron chi connectivity index (χ4n) is 1.57. The second-order valence-corrected chi connectivity index (χ2v) is 4.12. The number of hydrogen-bond donors (Lipinski definition) is 2. The van der Waals surface area contributed by atoms with E-state index in [0.29, 0.717) is 17.1 Å². The lowest BCUT2D eigenvalue weighted by atomic mass is 10.0. The summed E-state index contributed by atoms with van der Waals surface area (Å²) < 4.78 is 0. The standard InChI is InChI=1S/C13H12ClNO/c14-11-3-1-9(2-4-11)7-10-8-12(16)5-6-13(10)15/h1-6,8,16H,7,15H2. The number of phenolic OH excluding ortho intramolecular Hbond substituents is 1. The molecule has 3 N–H and O–H groups in total. The van der Waals surface area contributed by atoms with Gasteiger partial charge >= 0.3 is 0 Å². The zero-order chi connectivity index (χ0) is 11.5. The normalized spacial score (nSPS) is 10.3. The lowest BCUT2D eigenvalue weighted by molar-refractivity contribution is 0.475. The van der Waals surface area contributed by atoms with Crippen molar-refractivity contribution in [1.29, 1.82) is 0 Å². The van der Waals surface area contributed by atoms with E-state index in [1.807, 2.05) is 24.3 Å². The molecular formula is C13H12ClNO. The highest BCUT2D eigenvalue weighted by Crippen LogP contribution is 2.22. The molecule has 0 saturated heterocycles. The molecule has 2 nitrogen and oxygen atoms in total. The van der Waals surface area contributed by atoms with Gasteiger partial charge in [-0.2, -0.15) is 0 Å². The number of benzene rings is 2. The van der Waals surface area contributed by atoms with Gasteiger partial charge in [-0.15, -0.1) is 0 Å². The summed E-state index contributed by atoms with van der Waals surface area (Å²) in [5.41, 5.74) is 8.55. The summed E-state index contributed by atoms with van der Waals surface area (Å²) in [5.74, 6) is 0.234. The Kier molecular flexibility index (Phi) is 3.02. The molecule has 0 amide bonds. The third-order valence-electron chi connectivity index (χ3n) is 2.43. The monoisotopic (exact) mass is 233 g/mol. The molecule has 0 aliphatic rings. The van der Waals surface area contributed by atoms with Crippen LogP contribution in [0.5, 0.6) is 5.75 Å². The first-order valence-electron chi connectivity index (χ1n) is 4.97. The first kappa shape index (κ1) is 10.8. The molecule has 0 bridgehead atoms. The largest absolute Gasteiger partial charge is 0.508 e. The Morgan fingerprint density at radius 1 is 1.06 bits per heavy atom. The lowest BCUT2D eigenvalue weighted by Crippen LogP contribution is -1.95. The van der Waals surface area contributed by atoms with Gasteiger partial charge in [-0.25, -0.2) is 0 Å². The molecular weight excluding hydrogens is 222 g/mol. The highest BCUT2D eigenvalue weighted by molar-refractivity contribution is 6.30. The van der Waals surface area contributed by atoms with Crippen LogP contribution >= 0.6 is 11.6 Å². The van der Waals surface area contributed by atoms with E-state index in [2.05, 4.69) is 0 Å². The molecule has 16 heavy (non-hydrogen) atoms. The Balaban J connectivity index is 2.26. The van der Waals surface area contributed by atoms with E-state index in [9.17, 15) is 5.11 Å². The first-order valence-corrected chi connectivity index (χ1v) is 5.35. The van der Waals surface area contributed by atoms with Crippen LogP contribution in [0.25, 0.3) is 0 Å². The van der Waals surface area contributed by atoms with Crippen molar-refractivity contribution in [3.05, 3.63) is 58.6 Å². The second kappa shape index (κ2) is 4.45. The zero-order valence-electron chi connectivity index (χ0n) is 8.65. The predicted molar refractivity (Wildman–Crippen MR) is 66.8 cm³/mol. The number of anilines is 1. The van der Waals surface area contributed by atoms with Crippen molar-refractivity contribution in [1.82, 2.24) is 0 Å². The van der Waals surface area contributed by atoms with E-state index in [0.717, 1.165) is 11.1 Å². The maximum Gasteiger partial charge on any atom is 0.116 e. The predicted octanol–water partition coefficient (Wildman–Crippen LogP) is 3.22. The lowest BCUT2D eigenvalue weighted by Gasteiger charge is -2.06. The van der Waals surface area contributed by atoms with Crippen LogP contribution < -0.4 is 5.73 Å². The number of halogens is 1. The number of nitrogens with two attached hydrogens (primary N) is 1. The minimum Gasteiger partial charge on any atom is -0.508 e. The SMILES string of the molecule is Nc1ccc(O)cc1Cc1ccc(Cl)cc1. The van der Waals surface area contributed by atoms with Gasteiger partial charge in [0.05, 0.1) is 0 Å². The molecule has 2 aromatic carbocycles. The molecule has 0 spiro atoms. The summed E-state index contributed by atoms with van der Waals surface area (Å²) >= 11 is 5.81. The molecule has 82 valence electrons. The van der Waals surface area contributed by atoms with Crippen molar-refractivity contribution in [3.8, 4) is 5.75 Å². The molecule has 3 heteroatoms. The van der Waals surface area contributed by atoms with Gasteiger partial charge in [0.25, 0.3) is 0 Å². The number of nitrogen functional groups attached to an aromatic ring is 1. The molecule has 0 unspecified atom stereocenters. The Morgan fingerprint density at radius 2 is 1.75 bits per heavy atom. The maximum absolute atomic E-state index is 9.38. The number of aromatic hydroxyl groups is 1. The van der Waals surface area contributed by atoms with Gasteiger partial charge in [0.15, 0.2) is 0 Å². The van der Waals surface area contributed by atoms with Crippen molar-refractivity contribution in [3.63, 3.8) is 0 Å². The van der Waals surface area contributed by atoms with Crippen LogP contribution in [0.1, 0.15) is 11.1 Å². The van der Waals surface area contributed by atoms with Crippen molar-refractivity contribution < 1.29 is 5.11 Å². The molecule has 0 saturated carbocycles. The fourth-order valence-corrected chi connectivity index (χ4v) is 1.69. The van der Waals surface area contributed by atoms with Gasteiger partial charge in [0.2, 0.25) is 0 Å². The van der Waals surface area contributed by atoms with E-state index >= 15 is 0 Å². The molecule has 2 aromatic rings. The minimum absolute atomic E-state index is 0.234. The van der Waals surface area contributed by atoms with Gasteiger partial charge in [-0.1, -0.05) is 23.7 Å². The van der Waals surface area contributed by atoms with Gasteiger partial charge in [-0.3, -0.25) is 0 Å². The zero-order valence-corrected chi connectivity index (χ0v) is 9.41. The average Bonchev–Trinajstić information content (AvgIpc) is 2.27. The van der Waals surface area contributed by atoms with Crippen LogP contribution in [0.3, 0.4) is 0 Å². The van der Waals surface area contributed by atoms with Crippen molar-refractivity contribution >= 4 is 17.3 Å². The van der Waals surface area contributed by atoms with Crippen LogP contribution in [-0.2, 0) is 6.42 Å². The summed E-state index contributed by atoms with van der Waals surface area (Å²) in [7, 11) is 0. The Morgan fingerprint density at radius 3 is 2.44 bits per heavy atom. The van der Waals surface area contributed by atoms with Gasteiger partial charge < -0.3 is 10.8 Å². The third-order valence-corrected chi connectivity index (χ3v) is 2.69. The Labute approximate surface area is 99.3 Å². The van der Waals surface area contributed by atoms with E-state index < -0.39 is 0 Å². The summed E-state index contributed by atoms with van der Waals surface area (Å²) in [6.07, 6.45) is 0.692. The molecule has 0 aliphatic carbocycles. The van der Waals surface area contributed by atoms with Gasteiger partial charge in [0.1, 0.15) is 5.75 Å². The molecule has 0 aliphatic heterocycles. The Bertz CT molecular complexity index is 494. The van der Waals surface area contributed by atoms with E-state index in [-0.39, 0.29) is 5.75 Å². The maximum atomic E-state index is 9.38. The highest BCUT2D eigenvalue weighted by Gasteiger charge is 2.02. The van der Waals surface area contributed by atoms with E-state index in [1.165, 1.54) is 0 Å². The second-order valence-electron chi connectivity index (χ2n) is 3.69. The smallest absolute Gasteiger partial charge is 0.116 e. The van der Waals surface area contributed by atoms with Crippen LogP contribution in [0, 0.1) is 0 Å². The molecule has 0 atom stereocenters. The summed E-state index contributed by atoms with van der Waals surface area (Å²) in [5, 5.41) is 10.1. The topological polar surface area (TPSA) is 46.2 Å². The van der Waals surface area contributed by atoms with Crippen LogP contribution in [0.15, 0.2) is 42.5 Å². The summed E-state index contributed by atoms with van der Waals surface area (Å²) in [6, 6.07) is 12.6. The van der Waals surface area contributed by atoms with Crippen molar-refractivity contribution in [2.45, 2.75) is 6.42 Å². The molecule has 0 aromatic heterocycles. The van der Waals surface area contributed by atoms with Gasteiger partial charge in [0, 0.05) is 10.7 Å². The van der Waals surface area contributed by atoms with E-state index in [1.54, 1.807) is 18.2 Å². The van der Waals surface area contributed by atoms with Crippen LogP contribution in [-0.4, -0.2) is 5.11 Å². The quantitative estimate of drug-likeness (QED) is 0.618. The first-order chi connectivity index (χ1) is 7.65. The molecule has 0 heterocycles. The molecule has 2 rings (SSSR count). The number of rotatable bonds is 2. The summed E-state index contributed by atoms with van der Waals surface area (Å²) in [6.45, 7) is 0. The molecule has 0 fully saturated rings. The molecule has 0 radical (unpaired) electrons.